The molecule has 2 aliphatic rings. The summed E-state index contributed by atoms with van der Waals surface area (Å²) >= 11 is 9.06. The molecule has 0 aliphatic carbocycles. The Kier molecular flexibility index (Phi) is 5.86. The standard InChI is InChI=1S/C18H21BrClFN4O3/c1-18(2,3)28-17(27)25-6-4-24(5-7-25)12-9-22-16(26)10-8-11(20)13(19)14(21)15(10)23-12/h8H,4-7,9H2,1-3H3,(H,22,26). The lowest BCUT2D eigenvalue weighted by molar-refractivity contribution is 0.0186. The lowest BCUT2D eigenvalue weighted by atomic mass is 10.1. The number of nitrogens with zero attached hydrogens (tertiary/aromatic N) is 3. The quantitative estimate of drug-likeness (QED) is 0.582. The summed E-state index contributed by atoms with van der Waals surface area (Å²) < 4.78 is 20.1. The number of hydrogen-bond acceptors (Lipinski definition) is 5. The molecule has 152 valence electrons. The highest BCUT2D eigenvalue weighted by molar-refractivity contribution is 9.10. The highest BCUT2D eigenvalue weighted by Gasteiger charge is 2.29. The van der Waals surface area contributed by atoms with Gasteiger partial charge in [0.05, 0.1) is 21.6 Å². The molecule has 2 aliphatic heterocycles. The van der Waals surface area contributed by atoms with Crippen LogP contribution in [0.2, 0.25) is 5.02 Å². The molecule has 1 N–H and O–H groups in total. The van der Waals surface area contributed by atoms with Crippen molar-refractivity contribution in [3.8, 4) is 0 Å². The van der Waals surface area contributed by atoms with Crippen molar-refractivity contribution in [2.75, 3.05) is 32.7 Å². The highest BCUT2D eigenvalue weighted by Crippen LogP contribution is 2.36. The second-order valence-corrected chi connectivity index (χ2v) is 8.75. The van der Waals surface area contributed by atoms with E-state index >= 15 is 0 Å². The first-order chi connectivity index (χ1) is 13.1. The summed E-state index contributed by atoms with van der Waals surface area (Å²) in [6, 6.07) is 1.40. The van der Waals surface area contributed by atoms with Gasteiger partial charge in [-0.25, -0.2) is 14.2 Å². The average Bonchev–Trinajstić information content (AvgIpc) is 2.78. The van der Waals surface area contributed by atoms with Crippen LogP contribution in [0.25, 0.3) is 0 Å². The van der Waals surface area contributed by atoms with E-state index in [2.05, 4.69) is 26.2 Å². The zero-order chi connectivity index (χ0) is 20.6. The second kappa shape index (κ2) is 7.87. The highest BCUT2D eigenvalue weighted by atomic mass is 79.9. The second-order valence-electron chi connectivity index (χ2n) is 7.55. The molecule has 0 atom stereocenters. The maximum atomic E-state index is 14.7. The van der Waals surface area contributed by atoms with Crippen molar-refractivity contribution in [3.05, 3.63) is 26.9 Å². The molecule has 0 unspecified atom stereocenters. The number of benzene rings is 1. The predicted molar refractivity (Wildman–Crippen MR) is 108 cm³/mol. The van der Waals surface area contributed by atoms with Crippen LogP contribution in [-0.4, -0.2) is 66.0 Å². The third kappa shape index (κ3) is 4.41. The van der Waals surface area contributed by atoms with E-state index in [1.807, 2.05) is 25.7 Å². The Morgan fingerprint density at radius 2 is 1.96 bits per heavy atom. The van der Waals surface area contributed by atoms with E-state index in [4.69, 9.17) is 16.3 Å². The number of amidine groups is 1. The number of hydrogen-bond donors (Lipinski definition) is 1. The number of fused-ring (bicyclic) bond motifs is 1. The van der Waals surface area contributed by atoms with Crippen LogP contribution in [0.3, 0.4) is 0 Å². The third-order valence-electron chi connectivity index (χ3n) is 4.33. The molecule has 0 radical (unpaired) electrons. The summed E-state index contributed by atoms with van der Waals surface area (Å²) in [6.45, 7) is 7.51. The van der Waals surface area contributed by atoms with Gasteiger partial charge in [0.25, 0.3) is 5.91 Å². The van der Waals surface area contributed by atoms with E-state index < -0.39 is 17.3 Å². The Hall–Kier alpha value is -1.87. The minimum Gasteiger partial charge on any atom is -0.444 e. The van der Waals surface area contributed by atoms with Gasteiger partial charge in [-0.2, -0.15) is 0 Å². The number of aliphatic imine (C=N–C) groups is 1. The van der Waals surface area contributed by atoms with E-state index in [1.54, 1.807) is 4.90 Å². The Bertz CT molecular complexity index is 848. The molecular weight excluding hydrogens is 455 g/mol. The maximum absolute atomic E-state index is 14.7. The fourth-order valence-electron chi connectivity index (χ4n) is 2.95. The molecule has 1 fully saturated rings. The van der Waals surface area contributed by atoms with Crippen LogP contribution in [0.4, 0.5) is 14.9 Å². The topological polar surface area (TPSA) is 74.2 Å². The largest absolute Gasteiger partial charge is 0.444 e. The molecule has 1 saturated heterocycles. The smallest absolute Gasteiger partial charge is 0.410 e. The number of carbonyl (C=O) groups is 2. The molecule has 28 heavy (non-hydrogen) atoms. The van der Waals surface area contributed by atoms with Crippen LogP contribution in [0.1, 0.15) is 31.1 Å². The average molecular weight is 476 g/mol. The first-order valence-corrected chi connectivity index (χ1v) is 10.00. The molecule has 0 spiro atoms. The molecule has 1 aromatic rings. The Morgan fingerprint density at radius 3 is 2.57 bits per heavy atom. The van der Waals surface area contributed by atoms with Gasteiger partial charge >= 0.3 is 6.09 Å². The zero-order valence-electron chi connectivity index (χ0n) is 15.8. The fraction of sp³-hybridized carbons (Fsp3) is 0.500. The number of rotatable bonds is 0. The first kappa shape index (κ1) is 20.9. The number of halogens is 3. The van der Waals surface area contributed by atoms with Crippen LogP contribution < -0.4 is 5.32 Å². The normalized spacial score (nSPS) is 17.5. The van der Waals surface area contributed by atoms with Crippen LogP contribution in [0.15, 0.2) is 15.5 Å². The molecule has 7 nitrogen and oxygen atoms in total. The van der Waals surface area contributed by atoms with Gasteiger partial charge in [-0.3, -0.25) is 4.79 Å². The summed E-state index contributed by atoms with van der Waals surface area (Å²) in [4.78, 5) is 32.5. The number of carbonyl (C=O) groups excluding carboxylic acids is 2. The number of nitrogens with one attached hydrogen (secondary N) is 1. The van der Waals surface area contributed by atoms with Gasteiger partial charge in [0.2, 0.25) is 0 Å². The van der Waals surface area contributed by atoms with Crippen molar-refractivity contribution in [2.45, 2.75) is 26.4 Å². The van der Waals surface area contributed by atoms with Crippen molar-refractivity contribution in [2.24, 2.45) is 4.99 Å². The molecule has 3 rings (SSSR count). The van der Waals surface area contributed by atoms with E-state index in [-0.39, 0.29) is 33.4 Å². The third-order valence-corrected chi connectivity index (χ3v) is 5.63. The Balaban J connectivity index is 1.78. The van der Waals surface area contributed by atoms with Crippen molar-refractivity contribution in [3.63, 3.8) is 0 Å². The molecule has 10 heteroatoms. The van der Waals surface area contributed by atoms with E-state index in [0.717, 1.165) is 0 Å². The molecule has 2 amide bonds. The summed E-state index contributed by atoms with van der Waals surface area (Å²) in [6.07, 6.45) is -0.363. The SMILES string of the molecule is CC(C)(C)OC(=O)N1CCN(C2=Nc3c(cc(Cl)c(Br)c3F)C(=O)NC2)CC1. The Labute approximate surface area is 176 Å². The minimum absolute atomic E-state index is 0.0455. The maximum Gasteiger partial charge on any atom is 0.410 e. The van der Waals surface area contributed by atoms with Crippen molar-refractivity contribution in [1.82, 2.24) is 15.1 Å². The van der Waals surface area contributed by atoms with Gasteiger partial charge in [-0.1, -0.05) is 11.6 Å². The Morgan fingerprint density at radius 1 is 1.32 bits per heavy atom. The predicted octanol–water partition coefficient (Wildman–Crippen LogP) is 3.57. The number of piperazine rings is 1. The van der Waals surface area contributed by atoms with Crippen molar-refractivity contribution < 1.29 is 18.7 Å². The summed E-state index contributed by atoms with van der Waals surface area (Å²) in [5.41, 5.74) is -0.510. The van der Waals surface area contributed by atoms with E-state index in [0.29, 0.717) is 32.0 Å². The molecule has 1 aromatic carbocycles. The van der Waals surface area contributed by atoms with E-state index in [9.17, 15) is 14.0 Å². The molecule has 2 heterocycles. The summed E-state index contributed by atoms with van der Waals surface area (Å²) in [7, 11) is 0. The monoisotopic (exact) mass is 474 g/mol. The number of amides is 2. The van der Waals surface area contributed by atoms with Gasteiger partial charge in [-0.05, 0) is 42.8 Å². The van der Waals surface area contributed by atoms with Gasteiger partial charge in [0.15, 0.2) is 5.82 Å². The van der Waals surface area contributed by atoms with Gasteiger partial charge in [0.1, 0.15) is 17.1 Å². The fourth-order valence-corrected chi connectivity index (χ4v) is 3.44. The molecule has 0 bridgehead atoms. The van der Waals surface area contributed by atoms with Crippen LogP contribution >= 0.6 is 27.5 Å². The van der Waals surface area contributed by atoms with Gasteiger partial charge < -0.3 is 19.9 Å². The lowest BCUT2D eigenvalue weighted by Crippen LogP contribution is -2.53. The van der Waals surface area contributed by atoms with Crippen molar-refractivity contribution >= 4 is 51.1 Å². The van der Waals surface area contributed by atoms with Crippen molar-refractivity contribution in [1.29, 1.82) is 0 Å². The van der Waals surface area contributed by atoms with Crippen LogP contribution in [0, 0.1) is 5.82 Å². The summed E-state index contributed by atoms with van der Waals surface area (Å²) in [5, 5.41) is 2.84. The first-order valence-electron chi connectivity index (χ1n) is 8.83. The zero-order valence-corrected chi connectivity index (χ0v) is 18.2. The summed E-state index contributed by atoms with van der Waals surface area (Å²) in [5.74, 6) is -0.581. The molecule has 0 aromatic heterocycles. The molecule has 0 saturated carbocycles. The molecular formula is C18H21BrClFN4O3. The van der Waals surface area contributed by atoms with Crippen LogP contribution in [0.5, 0.6) is 0 Å². The van der Waals surface area contributed by atoms with Crippen LogP contribution in [-0.2, 0) is 4.74 Å². The van der Waals surface area contributed by atoms with E-state index in [1.165, 1.54) is 6.07 Å². The minimum atomic E-state index is -0.676. The lowest BCUT2D eigenvalue weighted by Gasteiger charge is -2.37. The van der Waals surface area contributed by atoms with Gasteiger partial charge in [-0.15, -0.1) is 0 Å². The van der Waals surface area contributed by atoms with Gasteiger partial charge in [0, 0.05) is 26.2 Å². The number of ether oxygens (including phenoxy) is 1.